The lowest BCUT2D eigenvalue weighted by atomic mass is 10.00. The number of aryl methyl sites for hydroxylation is 1. The molecule has 4 heteroatoms. The zero-order valence-corrected chi connectivity index (χ0v) is 12.5. The summed E-state index contributed by atoms with van der Waals surface area (Å²) in [5.41, 5.74) is 8.30. The molecule has 1 aromatic carbocycles. The highest BCUT2D eigenvalue weighted by Crippen LogP contribution is 2.33. The minimum atomic E-state index is -0.565. The molecule has 1 saturated carbocycles. The SMILES string of the molecule is Cc1cccc(C(N)=S)c1N(C)CC1(O)CCCC1. The Balaban J connectivity index is 2.28. The molecule has 1 aliphatic carbocycles. The fraction of sp³-hybridized carbons (Fsp3) is 0.533. The molecule has 19 heavy (non-hydrogen) atoms. The summed E-state index contributed by atoms with van der Waals surface area (Å²) in [6.07, 6.45) is 3.98. The lowest BCUT2D eigenvalue weighted by Gasteiger charge is -2.32. The summed E-state index contributed by atoms with van der Waals surface area (Å²) in [7, 11) is 2.00. The van der Waals surface area contributed by atoms with E-state index in [1.807, 2.05) is 32.2 Å². The highest BCUT2D eigenvalue weighted by atomic mass is 32.1. The molecule has 1 fully saturated rings. The van der Waals surface area contributed by atoms with Crippen molar-refractivity contribution in [2.24, 2.45) is 5.73 Å². The van der Waals surface area contributed by atoms with Crippen molar-refractivity contribution in [2.45, 2.75) is 38.2 Å². The van der Waals surface area contributed by atoms with E-state index in [9.17, 15) is 5.11 Å². The third-order valence-corrected chi connectivity index (χ3v) is 4.17. The maximum Gasteiger partial charge on any atom is 0.106 e. The van der Waals surface area contributed by atoms with Gasteiger partial charge < -0.3 is 15.7 Å². The van der Waals surface area contributed by atoms with Gasteiger partial charge >= 0.3 is 0 Å². The van der Waals surface area contributed by atoms with E-state index in [4.69, 9.17) is 18.0 Å². The molecule has 3 N–H and O–H groups in total. The van der Waals surface area contributed by atoms with E-state index in [2.05, 4.69) is 4.90 Å². The zero-order chi connectivity index (χ0) is 14.0. The first-order valence-corrected chi connectivity index (χ1v) is 7.17. The van der Waals surface area contributed by atoms with Crippen LogP contribution in [-0.4, -0.2) is 29.3 Å². The molecule has 0 aromatic heterocycles. The van der Waals surface area contributed by atoms with Crippen molar-refractivity contribution in [1.82, 2.24) is 0 Å². The molecular weight excluding hydrogens is 256 g/mol. The highest BCUT2D eigenvalue weighted by Gasteiger charge is 2.33. The van der Waals surface area contributed by atoms with Gasteiger partial charge in [0.15, 0.2) is 0 Å². The van der Waals surface area contributed by atoms with Gasteiger partial charge in [-0.05, 0) is 31.4 Å². The van der Waals surface area contributed by atoms with Crippen LogP contribution in [0.2, 0.25) is 0 Å². The van der Waals surface area contributed by atoms with Crippen LogP contribution in [0.5, 0.6) is 0 Å². The molecule has 0 saturated heterocycles. The van der Waals surface area contributed by atoms with Gasteiger partial charge in [0.2, 0.25) is 0 Å². The first-order valence-electron chi connectivity index (χ1n) is 6.76. The van der Waals surface area contributed by atoms with Gasteiger partial charge in [0.25, 0.3) is 0 Å². The fourth-order valence-electron chi connectivity index (χ4n) is 3.08. The zero-order valence-electron chi connectivity index (χ0n) is 11.6. The predicted octanol–water partition coefficient (Wildman–Crippen LogP) is 2.37. The van der Waals surface area contributed by atoms with Crippen LogP contribution in [0.4, 0.5) is 5.69 Å². The molecule has 2 rings (SSSR count). The monoisotopic (exact) mass is 278 g/mol. The van der Waals surface area contributed by atoms with Crippen molar-refractivity contribution >= 4 is 22.9 Å². The maximum atomic E-state index is 10.5. The molecule has 104 valence electrons. The number of aliphatic hydroxyl groups is 1. The van der Waals surface area contributed by atoms with Crippen molar-refractivity contribution in [1.29, 1.82) is 0 Å². The summed E-state index contributed by atoms with van der Waals surface area (Å²) in [5.74, 6) is 0. The molecule has 0 aliphatic heterocycles. The first kappa shape index (κ1) is 14.3. The number of para-hydroxylation sites is 1. The number of hydrogen-bond acceptors (Lipinski definition) is 3. The van der Waals surface area contributed by atoms with Crippen molar-refractivity contribution in [3.63, 3.8) is 0 Å². The Kier molecular flexibility index (Phi) is 4.11. The lowest BCUT2D eigenvalue weighted by Crippen LogP contribution is -2.40. The summed E-state index contributed by atoms with van der Waals surface area (Å²) < 4.78 is 0. The Morgan fingerprint density at radius 1 is 1.42 bits per heavy atom. The molecule has 3 nitrogen and oxygen atoms in total. The number of nitrogens with two attached hydrogens (primary N) is 1. The van der Waals surface area contributed by atoms with Gasteiger partial charge in [-0.25, -0.2) is 0 Å². The number of rotatable bonds is 4. The second-order valence-corrected chi connectivity index (χ2v) is 6.06. The van der Waals surface area contributed by atoms with Crippen LogP contribution >= 0.6 is 12.2 Å². The van der Waals surface area contributed by atoms with Gasteiger partial charge in [0.1, 0.15) is 4.99 Å². The molecule has 1 aliphatic rings. The number of likely N-dealkylation sites (N-methyl/N-ethyl adjacent to an activating group) is 1. The predicted molar refractivity (Wildman–Crippen MR) is 83.8 cm³/mol. The van der Waals surface area contributed by atoms with Crippen LogP contribution in [-0.2, 0) is 0 Å². The molecule has 0 spiro atoms. The van der Waals surface area contributed by atoms with Gasteiger partial charge in [0, 0.05) is 24.8 Å². The average Bonchev–Trinajstić information content (AvgIpc) is 2.74. The molecule has 1 aromatic rings. The molecule has 0 amide bonds. The number of hydrogen-bond donors (Lipinski definition) is 2. The fourth-order valence-corrected chi connectivity index (χ4v) is 3.24. The largest absolute Gasteiger partial charge is 0.389 e. The van der Waals surface area contributed by atoms with Gasteiger partial charge in [-0.2, -0.15) is 0 Å². The van der Waals surface area contributed by atoms with Gasteiger partial charge in [-0.15, -0.1) is 0 Å². The molecule has 0 heterocycles. The number of nitrogens with zero attached hydrogens (tertiary/aromatic N) is 1. The summed E-state index contributed by atoms with van der Waals surface area (Å²) in [5, 5.41) is 10.5. The normalized spacial score (nSPS) is 17.4. The van der Waals surface area contributed by atoms with E-state index in [-0.39, 0.29) is 0 Å². The smallest absolute Gasteiger partial charge is 0.106 e. The minimum absolute atomic E-state index is 0.406. The highest BCUT2D eigenvalue weighted by molar-refractivity contribution is 7.80. The third kappa shape index (κ3) is 3.07. The summed E-state index contributed by atoms with van der Waals surface area (Å²) in [4.78, 5) is 2.50. The van der Waals surface area contributed by atoms with Crippen molar-refractivity contribution in [3.05, 3.63) is 29.3 Å². The number of benzene rings is 1. The van der Waals surface area contributed by atoms with Gasteiger partial charge in [0.05, 0.1) is 5.60 Å². The van der Waals surface area contributed by atoms with E-state index in [0.717, 1.165) is 42.5 Å². The summed E-state index contributed by atoms with van der Waals surface area (Å²) >= 11 is 5.13. The average molecular weight is 278 g/mol. The van der Waals surface area contributed by atoms with E-state index in [1.54, 1.807) is 0 Å². The van der Waals surface area contributed by atoms with Crippen LogP contribution in [0.3, 0.4) is 0 Å². The second-order valence-electron chi connectivity index (χ2n) is 5.62. The van der Waals surface area contributed by atoms with Crippen LogP contribution in [0.25, 0.3) is 0 Å². The summed E-state index contributed by atoms with van der Waals surface area (Å²) in [6.45, 7) is 2.68. The molecule has 0 bridgehead atoms. The Morgan fingerprint density at radius 3 is 2.63 bits per heavy atom. The van der Waals surface area contributed by atoms with Crippen molar-refractivity contribution in [3.8, 4) is 0 Å². The maximum absolute atomic E-state index is 10.5. The van der Waals surface area contributed by atoms with Crippen molar-refractivity contribution < 1.29 is 5.11 Å². The van der Waals surface area contributed by atoms with Crippen LogP contribution in [0.1, 0.15) is 36.8 Å². The molecular formula is C15H22N2OS. The lowest BCUT2D eigenvalue weighted by molar-refractivity contribution is 0.0559. The quantitative estimate of drug-likeness (QED) is 0.830. The second kappa shape index (κ2) is 5.47. The van der Waals surface area contributed by atoms with Gasteiger partial charge in [-0.3, -0.25) is 0 Å². The Labute approximate surface area is 120 Å². The summed E-state index contributed by atoms with van der Waals surface area (Å²) in [6, 6.07) is 5.96. The first-order chi connectivity index (χ1) is 8.93. The molecule has 0 unspecified atom stereocenters. The van der Waals surface area contributed by atoms with E-state index < -0.39 is 5.60 Å². The minimum Gasteiger partial charge on any atom is -0.389 e. The Bertz CT molecular complexity index is 481. The van der Waals surface area contributed by atoms with Gasteiger partial charge in [-0.1, -0.05) is 37.2 Å². The number of thiocarbonyl (C=S) groups is 1. The topological polar surface area (TPSA) is 49.5 Å². The third-order valence-electron chi connectivity index (χ3n) is 3.95. The van der Waals surface area contributed by atoms with Crippen LogP contribution in [0, 0.1) is 6.92 Å². The number of anilines is 1. The van der Waals surface area contributed by atoms with E-state index in [0.29, 0.717) is 11.5 Å². The Morgan fingerprint density at radius 2 is 2.05 bits per heavy atom. The molecule has 0 radical (unpaired) electrons. The standard InChI is InChI=1S/C15H22N2OS/c1-11-6-5-7-12(14(16)19)13(11)17(2)10-15(18)8-3-4-9-15/h5-7,18H,3-4,8-10H2,1-2H3,(H2,16,19). The van der Waals surface area contributed by atoms with E-state index >= 15 is 0 Å². The Hall–Kier alpha value is -1.13. The van der Waals surface area contributed by atoms with Crippen molar-refractivity contribution in [2.75, 3.05) is 18.5 Å². The van der Waals surface area contributed by atoms with Crippen LogP contribution < -0.4 is 10.6 Å². The molecule has 0 atom stereocenters. The van der Waals surface area contributed by atoms with E-state index in [1.165, 1.54) is 0 Å². The van der Waals surface area contributed by atoms with Crippen LogP contribution in [0.15, 0.2) is 18.2 Å².